The molecule has 0 aliphatic heterocycles. The number of aryl methyl sites for hydroxylation is 2. The van der Waals surface area contributed by atoms with E-state index in [1.807, 2.05) is 110 Å². The van der Waals surface area contributed by atoms with E-state index in [4.69, 9.17) is 20.3 Å². The monoisotopic (exact) mass is 997 g/mol. The molecule has 2 aromatic carbocycles. The molecule has 10 aromatic rings. The number of aldehydes is 1. The summed E-state index contributed by atoms with van der Waals surface area (Å²) in [5.41, 5.74) is 11.3. The van der Waals surface area contributed by atoms with E-state index >= 15 is 0 Å². The van der Waals surface area contributed by atoms with Gasteiger partial charge in [0.2, 0.25) is 0 Å². The average molecular weight is 998 g/mol. The van der Waals surface area contributed by atoms with Gasteiger partial charge in [-0.15, -0.1) is 0 Å². The van der Waals surface area contributed by atoms with Gasteiger partial charge in [-0.25, -0.2) is 0 Å². The molecule has 0 unspecified atom stereocenters. The predicted molar refractivity (Wildman–Crippen MR) is 281 cm³/mol. The van der Waals surface area contributed by atoms with Gasteiger partial charge in [-0.05, 0) is 112 Å². The van der Waals surface area contributed by atoms with Gasteiger partial charge in [-0.3, -0.25) is 33.7 Å². The molecule has 0 saturated heterocycles. The Hall–Kier alpha value is -6.83. The van der Waals surface area contributed by atoms with E-state index < -0.39 is 0 Å². The number of hydrogen-bond acceptors (Lipinski definition) is 11. The van der Waals surface area contributed by atoms with Crippen LogP contribution in [0, 0.1) is 11.8 Å². The predicted octanol–water partition coefficient (Wildman–Crippen LogP) is 4.50. The smallest absolute Gasteiger partial charge is 1.00 e. The van der Waals surface area contributed by atoms with Crippen molar-refractivity contribution < 1.29 is 46.0 Å². The second kappa shape index (κ2) is 20.5. The van der Waals surface area contributed by atoms with Gasteiger partial charge in [0.05, 0.1) is 56.7 Å². The number of nitrogens with zero attached hydrogens (tertiary/aromatic N) is 12. The first-order chi connectivity index (χ1) is 35.2. The number of rotatable bonds is 12. The van der Waals surface area contributed by atoms with Crippen LogP contribution in [0.25, 0.3) is 77.5 Å². The summed E-state index contributed by atoms with van der Waals surface area (Å²) in [7, 11) is 4.74. The van der Waals surface area contributed by atoms with Crippen LogP contribution in [-0.4, -0.2) is 90.2 Å². The second-order valence-electron chi connectivity index (χ2n) is 19.9. The van der Waals surface area contributed by atoms with Gasteiger partial charge in [0.15, 0.2) is 6.29 Å². The first kappa shape index (κ1) is 50.7. The van der Waals surface area contributed by atoms with Crippen LogP contribution in [0.3, 0.4) is 0 Å². The van der Waals surface area contributed by atoms with Gasteiger partial charge in [0.25, 0.3) is 11.1 Å². The molecule has 0 amide bonds. The quantitative estimate of drug-likeness (QED) is 0.129. The van der Waals surface area contributed by atoms with Crippen molar-refractivity contribution in [1.82, 2.24) is 58.2 Å². The molecule has 4 fully saturated rings. The van der Waals surface area contributed by atoms with E-state index in [0.717, 1.165) is 81.9 Å². The Bertz CT molecular complexity index is 3870. The zero-order chi connectivity index (χ0) is 49.4. The third-order valence-corrected chi connectivity index (χ3v) is 14.3. The summed E-state index contributed by atoms with van der Waals surface area (Å²) in [6, 6.07) is 19.4. The van der Waals surface area contributed by atoms with Crippen molar-refractivity contribution in [2.45, 2.75) is 82.9 Å². The molecule has 3 radical (unpaired) electrons. The van der Waals surface area contributed by atoms with Crippen LogP contribution in [0.2, 0.25) is 0 Å². The number of aliphatic hydroxyl groups is 2. The molecule has 4 aliphatic carbocycles. The van der Waals surface area contributed by atoms with Gasteiger partial charge in [-0.1, -0.05) is 12.1 Å². The fraction of sp³-hybridized carbons (Fsp3) is 0.327. The Kier molecular flexibility index (Phi) is 14.0. The Morgan fingerprint density at radius 2 is 1.07 bits per heavy atom. The van der Waals surface area contributed by atoms with Crippen molar-refractivity contribution in [3.8, 4) is 33.6 Å². The van der Waals surface area contributed by atoms with Gasteiger partial charge in [0, 0.05) is 131 Å². The molecule has 8 heterocycles. The van der Waals surface area contributed by atoms with Crippen LogP contribution in [0.4, 0.5) is 0 Å². The summed E-state index contributed by atoms with van der Waals surface area (Å²) in [5, 5.41) is 37.4. The topological polar surface area (TPSA) is 199 Å². The molecule has 4 saturated carbocycles. The number of carbonyl (C=O) groups excluding carboxylic acids is 1. The molecule has 74 heavy (non-hydrogen) atoms. The fourth-order valence-electron chi connectivity index (χ4n) is 10.0. The summed E-state index contributed by atoms with van der Waals surface area (Å²) >= 11 is 0. The normalized spacial score (nSPS) is 15.1. The van der Waals surface area contributed by atoms with Crippen LogP contribution in [-0.2, 0) is 33.8 Å². The van der Waals surface area contributed by atoms with Crippen LogP contribution < -0.4 is 40.7 Å². The van der Waals surface area contributed by atoms with Crippen molar-refractivity contribution in [3.63, 3.8) is 0 Å². The van der Waals surface area contributed by atoms with Gasteiger partial charge < -0.3 is 20.8 Å². The molecule has 17 nitrogen and oxygen atoms in total. The largest absolute Gasteiger partial charge is 1.00 e. The molecule has 0 spiro atoms. The molecule has 14 rings (SSSR count). The standard InChI is InChI=1S/C27H26N6O2.C27H24N6O2.CH4O.B.Na.H/c2*1-31-13-19-10-21(7-9-23(19)29-31)33-27(35)24(18-6-8-22(28-11-18)17-4-5-17)26-25(30-33)20(15-34)14-32(26)12-16-2-3-16;1-2;;;/h6-11,13-14,16-17,34H,2-5,12,15H2,1H3;6-11,13-17H,2-5,12H2,1H3;2H,1H3;;;/q;;;;+1;-1. The number of pyridine rings is 2. The third kappa shape index (κ3) is 9.60. The molecule has 19 heteroatoms. The number of hydrogen-bond donors (Lipinski definition) is 2. The Morgan fingerprint density at radius 1 is 0.608 bits per heavy atom. The minimum atomic E-state index is -0.227. The van der Waals surface area contributed by atoms with Crippen LogP contribution >= 0.6 is 0 Å². The number of fused-ring (bicyclic) bond motifs is 4. The van der Waals surface area contributed by atoms with Crippen molar-refractivity contribution >= 4 is 58.6 Å². The fourth-order valence-corrected chi connectivity index (χ4v) is 10.0. The minimum absolute atomic E-state index is 0. The Balaban J connectivity index is 0.000000171. The molecular weight excluding hydrogens is 942 g/mol. The first-order valence-corrected chi connectivity index (χ1v) is 24.8. The Morgan fingerprint density at radius 3 is 1.49 bits per heavy atom. The number of carbonyl (C=O) groups is 1. The SMILES string of the molecule is CO.Cn1cc2cc(-n3nc4c(C=O)cn(CC5CC5)c4c(-c4ccc(C5CC5)nc4)c3=O)ccc2n1.Cn1cc2cc(-n3nc4c(CO)cn(CC5CC5)c4c(-c4ccc(C5CC5)nc4)c3=O)ccc2n1.[B].[H-].[Na+]. The van der Waals surface area contributed by atoms with Crippen molar-refractivity contribution in [3.05, 3.63) is 141 Å². The average Bonchev–Trinajstić information content (AvgIpc) is 4.19. The number of aliphatic hydroxyl groups excluding tert-OH is 2. The molecule has 8 aromatic heterocycles. The number of aromatic nitrogens is 12. The summed E-state index contributed by atoms with van der Waals surface area (Å²) in [6.07, 6.45) is 21.5. The van der Waals surface area contributed by atoms with Gasteiger partial charge in [0.1, 0.15) is 11.0 Å². The zero-order valence-electron chi connectivity index (χ0n) is 43.0. The number of benzene rings is 2. The summed E-state index contributed by atoms with van der Waals surface area (Å²) < 4.78 is 10.5. The molecule has 4 aliphatic rings. The Labute approximate surface area is 450 Å². The van der Waals surface area contributed by atoms with Crippen LogP contribution in [0.1, 0.15) is 91.9 Å². The van der Waals surface area contributed by atoms with E-state index in [1.54, 1.807) is 15.6 Å². The van der Waals surface area contributed by atoms with Crippen LogP contribution in [0.15, 0.2) is 107 Å². The second-order valence-corrected chi connectivity index (χ2v) is 19.9. The molecule has 369 valence electrons. The minimum Gasteiger partial charge on any atom is -1.00 e. The van der Waals surface area contributed by atoms with Crippen molar-refractivity contribution in [1.29, 1.82) is 0 Å². The zero-order valence-corrected chi connectivity index (χ0v) is 44.0. The van der Waals surface area contributed by atoms with Crippen LogP contribution in [0.5, 0.6) is 0 Å². The van der Waals surface area contributed by atoms with Gasteiger partial charge >= 0.3 is 29.6 Å². The first-order valence-electron chi connectivity index (χ1n) is 24.8. The van der Waals surface area contributed by atoms with E-state index in [1.165, 1.54) is 60.7 Å². The summed E-state index contributed by atoms with van der Waals surface area (Å²) in [6.45, 7) is 1.46. The summed E-state index contributed by atoms with van der Waals surface area (Å²) in [5.74, 6) is 2.26. The molecule has 0 bridgehead atoms. The molecule has 2 N–H and O–H groups in total. The maximum Gasteiger partial charge on any atom is 1.00 e. The third-order valence-electron chi connectivity index (χ3n) is 14.3. The summed E-state index contributed by atoms with van der Waals surface area (Å²) in [4.78, 5) is 49.6. The van der Waals surface area contributed by atoms with E-state index in [2.05, 4.69) is 19.7 Å². The van der Waals surface area contributed by atoms with Crippen molar-refractivity contribution in [2.75, 3.05) is 7.11 Å². The van der Waals surface area contributed by atoms with Gasteiger partial charge in [-0.2, -0.15) is 29.8 Å². The van der Waals surface area contributed by atoms with E-state index in [0.29, 0.717) is 68.3 Å². The van der Waals surface area contributed by atoms with E-state index in [9.17, 15) is 19.5 Å². The molecular formula is C55H55BN12NaO5. The maximum atomic E-state index is 14.1. The van der Waals surface area contributed by atoms with Crippen molar-refractivity contribution in [2.24, 2.45) is 25.9 Å². The van der Waals surface area contributed by atoms with E-state index in [-0.39, 0.29) is 57.1 Å². The maximum absolute atomic E-state index is 14.1. The molecule has 0 atom stereocenters.